The minimum atomic E-state index is -0.498. The molecule has 0 aliphatic rings. The van der Waals surface area contributed by atoms with Gasteiger partial charge in [0.25, 0.3) is 0 Å². The van der Waals surface area contributed by atoms with Crippen LogP contribution in [0.2, 0.25) is 0 Å². The molecule has 0 aromatic heterocycles. The van der Waals surface area contributed by atoms with Gasteiger partial charge in [0.15, 0.2) is 0 Å². The van der Waals surface area contributed by atoms with Crippen molar-refractivity contribution < 1.29 is 13.6 Å². The molecule has 2 aromatic rings. The van der Waals surface area contributed by atoms with Crippen LogP contribution in [0, 0.1) is 11.6 Å². The van der Waals surface area contributed by atoms with Gasteiger partial charge in [-0.25, -0.2) is 8.78 Å². The van der Waals surface area contributed by atoms with E-state index in [1.54, 1.807) is 0 Å². The molecule has 122 valence electrons. The molecule has 0 radical (unpaired) electrons. The van der Waals surface area contributed by atoms with Crippen LogP contribution in [0.3, 0.4) is 0 Å². The third-order valence-electron chi connectivity index (χ3n) is 3.42. The summed E-state index contributed by atoms with van der Waals surface area (Å²) >= 11 is 0. The molecule has 5 heteroatoms. The average molecular weight is 318 g/mol. The number of para-hydroxylation sites is 1. The van der Waals surface area contributed by atoms with E-state index in [1.807, 2.05) is 37.3 Å². The van der Waals surface area contributed by atoms with Gasteiger partial charge in [0, 0.05) is 24.7 Å². The highest BCUT2D eigenvalue weighted by Gasteiger charge is 2.09. The van der Waals surface area contributed by atoms with E-state index in [9.17, 15) is 13.6 Å². The smallest absolute Gasteiger partial charge is 0.220 e. The highest BCUT2D eigenvalue weighted by Crippen LogP contribution is 2.11. The molecular weight excluding hydrogens is 298 g/mol. The fourth-order valence-electron chi connectivity index (χ4n) is 2.21. The Balaban J connectivity index is 1.73. The Morgan fingerprint density at radius 1 is 1.13 bits per heavy atom. The predicted octanol–water partition coefficient (Wildman–Crippen LogP) is 3.51. The number of amides is 1. The molecule has 1 atom stereocenters. The summed E-state index contributed by atoms with van der Waals surface area (Å²) in [4.78, 5) is 11.8. The minimum Gasteiger partial charge on any atom is -0.381 e. The van der Waals surface area contributed by atoms with Crippen molar-refractivity contribution in [3.05, 3.63) is 65.7 Å². The van der Waals surface area contributed by atoms with Crippen molar-refractivity contribution in [2.24, 2.45) is 0 Å². The Hall–Kier alpha value is -2.43. The van der Waals surface area contributed by atoms with Crippen LogP contribution in [0.1, 0.15) is 18.9 Å². The first-order valence-electron chi connectivity index (χ1n) is 7.57. The summed E-state index contributed by atoms with van der Waals surface area (Å²) in [6, 6.07) is 13.0. The van der Waals surface area contributed by atoms with Gasteiger partial charge in [-0.05, 0) is 49.2 Å². The number of carbonyl (C=O) groups is 1. The summed E-state index contributed by atoms with van der Waals surface area (Å²) in [5, 5.41) is 6.05. The van der Waals surface area contributed by atoms with E-state index in [1.165, 1.54) is 0 Å². The number of aryl methyl sites for hydroxylation is 1. The van der Waals surface area contributed by atoms with Crippen LogP contribution in [-0.4, -0.2) is 18.5 Å². The normalized spacial score (nSPS) is 11.8. The number of hydrogen-bond acceptors (Lipinski definition) is 2. The zero-order valence-electron chi connectivity index (χ0n) is 13.0. The third-order valence-corrected chi connectivity index (χ3v) is 3.42. The molecule has 0 saturated carbocycles. The lowest BCUT2D eigenvalue weighted by Gasteiger charge is -2.16. The molecule has 0 saturated heterocycles. The number of benzene rings is 2. The van der Waals surface area contributed by atoms with Crippen LogP contribution in [0.5, 0.6) is 0 Å². The summed E-state index contributed by atoms with van der Waals surface area (Å²) in [5.74, 6) is -1.17. The quantitative estimate of drug-likeness (QED) is 0.820. The van der Waals surface area contributed by atoms with Gasteiger partial charge in [0.1, 0.15) is 11.6 Å². The molecule has 0 aliphatic carbocycles. The molecule has 3 nitrogen and oxygen atoms in total. The molecule has 0 heterocycles. The maximum absolute atomic E-state index is 13.5. The van der Waals surface area contributed by atoms with Crippen LogP contribution in [-0.2, 0) is 11.2 Å². The molecule has 0 aliphatic heterocycles. The van der Waals surface area contributed by atoms with E-state index < -0.39 is 11.6 Å². The van der Waals surface area contributed by atoms with Crippen LogP contribution in [0.15, 0.2) is 48.5 Å². The number of carbonyl (C=O) groups excluding carboxylic acids is 1. The highest BCUT2D eigenvalue weighted by atomic mass is 19.1. The number of nitrogens with one attached hydrogen (secondary N) is 2. The predicted molar refractivity (Wildman–Crippen MR) is 87.2 cm³/mol. The van der Waals surface area contributed by atoms with Crippen molar-refractivity contribution >= 4 is 11.6 Å². The lowest BCUT2D eigenvalue weighted by Crippen LogP contribution is -2.34. The van der Waals surface area contributed by atoms with Crippen molar-refractivity contribution in [1.82, 2.24) is 5.32 Å². The molecular formula is C18H20F2N2O. The Bertz CT molecular complexity index is 647. The third kappa shape index (κ3) is 5.70. The van der Waals surface area contributed by atoms with E-state index >= 15 is 0 Å². The highest BCUT2D eigenvalue weighted by molar-refractivity contribution is 5.76. The zero-order valence-corrected chi connectivity index (χ0v) is 13.0. The molecule has 0 bridgehead atoms. The summed E-state index contributed by atoms with van der Waals surface area (Å²) in [5.41, 5.74) is 1.20. The monoisotopic (exact) mass is 318 g/mol. The topological polar surface area (TPSA) is 41.1 Å². The Morgan fingerprint density at radius 2 is 1.87 bits per heavy atom. The van der Waals surface area contributed by atoms with Gasteiger partial charge in [-0.1, -0.05) is 18.2 Å². The van der Waals surface area contributed by atoms with Gasteiger partial charge in [-0.3, -0.25) is 4.79 Å². The molecule has 0 fully saturated rings. The average Bonchev–Trinajstić information content (AvgIpc) is 2.54. The van der Waals surface area contributed by atoms with Gasteiger partial charge in [-0.2, -0.15) is 0 Å². The molecule has 1 unspecified atom stereocenters. The van der Waals surface area contributed by atoms with Crippen molar-refractivity contribution in [1.29, 1.82) is 0 Å². The number of rotatable bonds is 7. The second-order valence-electron chi connectivity index (χ2n) is 5.45. The molecule has 2 rings (SSSR count). The van der Waals surface area contributed by atoms with Gasteiger partial charge < -0.3 is 10.6 Å². The Morgan fingerprint density at radius 3 is 2.61 bits per heavy atom. The van der Waals surface area contributed by atoms with E-state index in [-0.39, 0.29) is 30.4 Å². The van der Waals surface area contributed by atoms with Crippen molar-refractivity contribution in [2.75, 3.05) is 11.9 Å². The Kier molecular flexibility index (Phi) is 6.09. The first-order valence-corrected chi connectivity index (χ1v) is 7.57. The molecule has 2 N–H and O–H groups in total. The van der Waals surface area contributed by atoms with Gasteiger partial charge in [0.05, 0.1) is 0 Å². The summed E-state index contributed by atoms with van der Waals surface area (Å²) < 4.78 is 26.5. The zero-order chi connectivity index (χ0) is 16.7. The summed E-state index contributed by atoms with van der Waals surface area (Å²) in [6.45, 7) is 2.42. The lowest BCUT2D eigenvalue weighted by molar-refractivity contribution is -0.121. The van der Waals surface area contributed by atoms with E-state index in [2.05, 4.69) is 10.6 Å². The van der Waals surface area contributed by atoms with Crippen molar-refractivity contribution in [2.45, 2.75) is 25.8 Å². The van der Waals surface area contributed by atoms with Crippen LogP contribution >= 0.6 is 0 Å². The number of halogens is 2. The molecule has 2 aromatic carbocycles. The first-order chi connectivity index (χ1) is 11.0. The van der Waals surface area contributed by atoms with Crippen LogP contribution in [0.25, 0.3) is 0 Å². The second-order valence-corrected chi connectivity index (χ2v) is 5.45. The lowest BCUT2D eigenvalue weighted by atomic mass is 10.1. The number of hydrogen-bond donors (Lipinski definition) is 2. The van der Waals surface area contributed by atoms with Crippen molar-refractivity contribution in [3.8, 4) is 0 Å². The maximum atomic E-state index is 13.5. The van der Waals surface area contributed by atoms with Crippen LogP contribution < -0.4 is 10.6 Å². The van der Waals surface area contributed by atoms with Gasteiger partial charge in [-0.15, -0.1) is 0 Å². The van der Waals surface area contributed by atoms with Crippen LogP contribution in [0.4, 0.5) is 14.5 Å². The standard InChI is InChI=1S/C18H20F2N2O/c1-13(22-16-5-3-2-4-6-16)12-21-18(23)10-7-14-11-15(19)8-9-17(14)20/h2-6,8-9,11,13,22H,7,10,12H2,1H3,(H,21,23). The number of anilines is 1. The maximum Gasteiger partial charge on any atom is 0.220 e. The fraction of sp³-hybridized carbons (Fsp3) is 0.278. The minimum absolute atomic E-state index is 0.0623. The fourth-order valence-corrected chi connectivity index (χ4v) is 2.21. The Labute approximate surface area is 134 Å². The van der Waals surface area contributed by atoms with E-state index in [4.69, 9.17) is 0 Å². The van der Waals surface area contributed by atoms with E-state index in [0.29, 0.717) is 6.54 Å². The van der Waals surface area contributed by atoms with Gasteiger partial charge in [0.2, 0.25) is 5.91 Å². The SMILES string of the molecule is CC(CNC(=O)CCc1cc(F)ccc1F)Nc1ccccc1. The summed E-state index contributed by atoms with van der Waals surface area (Å²) in [7, 11) is 0. The second kappa shape index (κ2) is 8.27. The van der Waals surface area contributed by atoms with Gasteiger partial charge >= 0.3 is 0 Å². The largest absolute Gasteiger partial charge is 0.381 e. The molecule has 0 spiro atoms. The molecule has 1 amide bonds. The first kappa shape index (κ1) is 16.9. The van der Waals surface area contributed by atoms with Crippen molar-refractivity contribution in [3.63, 3.8) is 0 Å². The van der Waals surface area contributed by atoms with E-state index in [0.717, 1.165) is 23.9 Å². The molecule has 23 heavy (non-hydrogen) atoms. The summed E-state index contributed by atoms with van der Waals surface area (Å²) in [6.07, 6.45) is 0.300.